The molecule has 7 nitrogen and oxygen atoms in total. The Bertz CT molecular complexity index is 881. The molecular weight excluding hydrogens is 370 g/mol. The van der Waals surface area contributed by atoms with Gasteiger partial charge in [0.25, 0.3) is 0 Å². The Labute approximate surface area is 162 Å². The predicted molar refractivity (Wildman–Crippen MR) is 102 cm³/mol. The number of ketones is 4. The van der Waals surface area contributed by atoms with Gasteiger partial charge >= 0.3 is 0 Å². The molecule has 0 aliphatic carbocycles. The lowest BCUT2D eigenvalue weighted by Gasteiger charge is -2.03. The fourth-order valence-electron chi connectivity index (χ4n) is 2.00. The highest BCUT2D eigenvalue weighted by Crippen LogP contribution is 2.14. The van der Waals surface area contributed by atoms with Crippen LogP contribution in [0.15, 0.2) is 30.5 Å². The third-order valence-corrected chi connectivity index (χ3v) is 3.48. The van der Waals surface area contributed by atoms with E-state index in [2.05, 4.69) is 9.97 Å². The van der Waals surface area contributed by atoms with Crippen molar-refractivity contribution in [3.63, 3.8) is 0 Å². The zero-order valence-corrected chi connectivity index (χ0v) is 16.0. The Morgan fingerprint density at radius 1 is 0.963 bits per heavy atom. The normalized spacial score (nSPS) is 9.78. The van der Waals surface area contributed by atoms with Gasteiger partial charge in [-0.3, -0.25) is 24.2 Å². The van der Waals surface area contributed by atoms with Crippen LogP contribution in [0.5, 0.6) is 0 Å². The Balaban J connectivity index is 0.000000271. The number of carbonyl (C=O) groups is 4. The van der Waals surface area contributed by atoms with Crippen LogP contribution in [0.25, 0.3) is 0 Å². The third-order valence-electron chi connectivity index (χ3n) is 3.17. The minimum Gasteiger partial charge on any atom is -0.397 e. The number of anilines is 1. The molecule has 2 heterocycles. The van der Waals surface area contributed by atoms with E-state index in [0.717, 1.165) is 0 Å². The maximum Gasteiger partial charge on any atom is 0.190 e. The van der Waals surface area contributed by atoms with E-state index in [1.165, 1.54) is 20.0 Å². The van der Waals surface area contributed by atoms with Gasteiger partial charge in [-0.15, -0.1) is 0 Å². The van der Waals surface area contributed by atoms with Crippen molar-refractivity contribution in [1.29, 1.82) is 0 Å². The van der Waals surface area contributed by atoms with Crippen LogP contribution in [0.4, 0.5) is 5.69 Å². The molecule has 27 heavy (non-hydrogen) atoms. The van der Waals surface area contributed by atoms with Gasteiger partial charge in [-0.25, -0.2) is 4.98 Å². The van der Waals surface area contributed by atoms with E-state index in [-0.39, 0.29) is 52.4 Å². The molecule has 0 saturated heterocycles. The molecule has 0 fully saturated rings. The van der Waals surface area contributed by atoms with E-state index in [0.29, 0.717) is 11.4 Å². The molecule has 2 rings (SSSR count). The van der Waals surface area contributed by atoms with Crippen LogP contribution in [-0.4, -0.2) is 33.1 Å². The summed E-state index contributed by atoms with van der Waals surface area (Å²) < 4.78 is 0. The summed E-state index contributed by atoms with van der Waals surface area (Å²) in [7, 11) is 0. The molecular formula is C19H20ClN3O4. The van der Waals surface area contributed by atoms with Crippen LogP contribution < -0.4 is 5.73 Å². The standard InChI is InChI=1S/C10H12N2O2.C9H8ClNO2/c1-6-3-4-8(11)10(12-6)9(14)5-7(2)13;1-6(12)5-8(13)9-7(10)3-2-4-11-9/h3-4H,5,11H2,1-2H3;2-4H,5H2,1H3. The van der Waals surface area contributed by atoms with Crippen molar-refractivity contribution in [3.8, 4) is 0 Å². The van der Waals surface area contributed by atoms with E-state index in [9.17, 15) is 19.2 Å². The number of halogens is 1. The summed E-state index contributed by atoms with van der Waals surface area (Å²) in [5.41, 5.74) is 6.97. The molecule has 142 valence electrons. The highest BCUT2D eigenvalue weighted by atomic mass is 35.5. The van der Waals surface area contributed by atoms with Gasteiger partial charge in [0.05, 0.1) is 23.6 Å². The smallest absolute Gasteiger partial charge is 0.190 e. The van der Waals surface area contributed by atoms with Crippen molar-refractivity contribution in [2.24, 2.45) is 0 Å². The molecule has 0 radical (unpaired) electrons. The van der Waals surface area contributed by atoms with E-state index in [1.54, 1.807) is 31.2 Å². The molecule has 0 bridgehead atoms. The maximum atomic E-state index is 11.5. The SMILES string of the molecule is CC(=O)CC(=O)c1nc(C)ccc1N.CC(=O)CC(=O)c1ncccc1Cl. The minimum absolute atomic E-state index is 0.138. The van der Waals surface area contributed by atoms with Crippen LogP contribution >= 0.6 is 11.6 Å². The number of aryl methyl sites for hydroxylation is 1. The minimum atomic E-state index is -0.335. The van der Waals surface area contributed by atoms with Gasteiger partial charge in [-0.1, -0.05) is 11.6 Å². The molecule has 0 aromatic carbocycles. The summed E-state index contributed by atoms with van der Waals surface area (Å²) in [5.74, 6) is -1.03. The van der Waals surface area contributed by atoms with Crippen molar-refractivity contribution in [2.75, 3.05) is 5.73 Å². The largest absolute Gasteiger partial charge is 0.397 e. The molecule has 8 heteroatoms. The summed E-state index contributed by atoms with van der Waals surface area (Å²) in [4.78, 5) is 52.0. The Hall–Kier alpha value is -2.93. The van der Waals surface area contributed by atoms with Crippen LogP contribution in [0.2, 0.25) is 5.02 Å². The zero-order chi connectivity index (χ0) is 20.6. The number of nitrogens with zero attached hydrogens (tertiary/aromatic N) is 2. The van der Waals surface area contributed by atoms with Crippen LogP contribution in [0.1, 0.15) is 53.4 Å². The second kappa shape index (κ2) is 10.3. The Morgan fingerprint density at radius 2 is 1.52 bits per heavy atom. The maximum absolute atomic E-state index is 11.5. The Morgan fingerprint density at radius 3 is 2.04 bits per heavy atom. The number of hydrogen-bond acceptors (Lipinski definition) is 7. The summed E-state index contributed by atoms with van der Waals surface area (Å²) in [6.45, 7) is 4.49. The van der Waals surface area contributed by atoms with Crippen LogP contribution in [0.3, 0.4) is 0 Å². The third kappa shape index (κ3) is 7.45. The van der Waals surface area contributed by atoms with Gasteiger partial charge in [-0.05, 0) is 45.0 Å². The number of hydrogen-bond donors (Lipinski definition) is 1. The topological polar surface area (TPSA) is 120 Å². The number of rotatable bonds is 6. The van der Waals surface area contributed by atoms with E-state index < -0.39 is 0 Å². The first-order valence-electron chi connectivity index (χ1n) is 8.00. The summed E-state index contributed by atoms with van der Waals surface area (Å²) in [6.07, 6.45) is 1.19. The van der Waals surface area contributed by atoms with Crippen molar-refractivity contribution >= 4 is 40.4 Å². The lowest BCUT2D eigenvalue weighted by atomic mass is 10.1. The van der Waals surface area contributed by atoms with Gasteiger partial charge in [0.1, 0.15) is 23.0 Å². The fourth-order valence-corrected chi connectivity index (χ4v) is 2.23. The highest BCUT2D eigenvalue weighted by Gasteiger charge is 2.14. The summed E-state index contributed by atoms with van der Waals surface area (Å²) in [5, 5.41) is 0.286. The van der Waals surface area contributed by atoms with Gasteiger partial charge in [0, 0.05) is 11.9 Å². The van der Waals surface area contributed by atoms with Crippen molar-refractivity contribution in [3.05, 3.63) is 52.6 Å². The highest BCUT2D eigenvalue weighted by molar-refractivity contribution is 6.34. The number of nitrogens with two attached hydrogens (primary N) is 1. The second-order valence-electron chi connectivity index (χ2n) is 5.83. The molecule has 0 unspecified atom stereocenters. The predicted octanol–water partition coefficient (Wildman–Crippen LogP) is 3.03. The quantitative estimate of drug-likeness (QED) is 0.595. The molecule has 0 atom stereocenters. The van der Waals surface area contributed by atoms with Crippen LogP contribution in [0, 0.1) is 6.92 Å². The monoisotopic (exact) mass is 389 g/mol. The zero-order valence-electron chi connectivity index (χ0n) is 15.3. The van der Waals surface area contributed by atoms with E-state index in [1.807, 2.05) is 0 Å². The van der Waals surface area contributed by atoms with Crippen molar-refractivity contribution in [1.82, 2.24) is 9.97 Å². The van der Waals surface area contributed by atoms with E-state index in [4.69, 9.17) is 17.3 Å². The first kappa shape index (κ1) is 22.1. The average Bonchev–Trinajstić information content (AvgIpc) is 2.56. The number of aromatic nitrogens is 2. The van der Waals surface area contributed by atoms with Crippen molar-refractivity contribution < 1.29 is 19.2 Å². The number of pyridine rings is 2. The first-order chi connectivity index (χ1) is 12.6. The lowest BCUT2D eigenvalue weighted by Crippen LogP contribution is -2.10. The average molecular weight is 390 g/mol. The van der Waals surface area contributed by atoms with Gasteiger partial charge < -0.3 is 5.73 Å². The van der Waals surface area contributed by atoms with Crippen molar-refractivity contribution in [2.45, 2.75) is 33.6 Å². The molecule has 0 aliphatic rings. The summed E-state index contributed by atoms with van der Waals surface area (Å²) >= 11 is 5.71. The van der Waals surface area contributed by atoms with E-state index >= 15 is 0 Å². The number of Topliss-reactive ketones (excluding diaryl/α,β-unsaturated/α-hetero) is 4. The van der Waals surface area contributed by atoms with Crippen LogP contribution in [-0.2, 0) is 9.59 Å². The molecule has 0 spiro atoms. The molecule has 0 aliphatic heterocycles. The fraction of sp³-hybridized carbons (Fsp3) is 0.263. The molecule has 0 amide bonds. The number of carbonyl (C=O) groups excluding carboxylic acids is 4. The number of nitrogen functional groups attached to an aromatic ring is 1. The van der Waals surface area contributed by atoms with Gasteiger partial charge in [0.2, 0.25) is 0 Å². The second-order valence-corrected chi connectivity index (χ2v) is 6.24. The Kier molecular flexibility index (Phi) is 8.41. The molecule has 2 aromatic heterocycles. The molecule has 0 saturated carbocycles. The molecule has 2 N–H and O–H groups in total. The first-order valence-corrected chi connectivity index (χ1v) is 8.38. The summed E-state index contributed by atoms with van der Waals surface area (Å²) in [6, 6.07) is 6.55. The lowest BCUT2D eigenvalue weighted by molar-refractivity contribution is -0.117. The van der Waals surface area contributed by atoms with Gasteiger partial charge in [-0.2, -0.15) is 0 Å². The van der Waals surface area contributed by atoms with Gasteiger partial charge in [0.15, 0.2) is 11.6 Å². The molecule has 2 aromatic rings.